The van der Waals surface area contributed by atoms with Crippen LogP contribution < -0.4 is 5.32 Å². The van der Waals surface area contributed by atoms with Gasteiger partial charge in [-0.25, -0.2) is 9.59 Å². The normalized spacial score (nSPS) is 14.2. The fourth-order valence-corrected chi connectivity index (χ4v) is 3.77. The summed E-state index contributed by atoms with van der Waals surface area (Å²) in [7, 11) is 0. The standard InChI is InChI=1S/C13H14Cl3NO4S/c1-2-20-11(18)9-7-5-3-4-6-8(7)22-10(9)17-12(19)21-13(14,15)16/h2-6H2,1H3,(H,17,19). The average molecular weight is 387 g/mol. The molecule has 1 aliphatic rings. The van der Waals surface area contributed by atoms with Gasteiger partial charge < -0.3 is 9.47 Å². The van der Waals surface area contributed by atoms with Crippen molar-refractivity contribution in [3.8, 4) is 0 Å². The molecule has 0 aliphatic heterocycles. The summed E-state index contributed by atoms with van der Waals surface area (Å²) in [5.41, 5.74) is 1.31. The molecule has 0 fully saturated rings. The second kappa shape index (κ2) is 7.25. The molecule has 22 heavy (non-hydrogen) atoms. The van der Waals surface area contributed by atoms with Crippen molar-refractivity contribution in [2.45, 2.75) is 36.6 Å². The molecule has 9 heteroatoms. The van der Waals surface area contributed by atoms with E-state index in [0.717, 1.165) is 36.1 Å². The molecule has 0 bridgehead atoms. The first-order valence-electron chi connectivity index (χ1n) is 6.70. The highest BCUT2D eigenvalue weighted by atomic mass is 35.6. The van der Waals surface area contributed by atoms with Crippen LogP contribution in [0, 0.1) is 0 Å². The Balaban J connectivity index is 2.28. The summed E-state index contributed by atoms with van der Waals surface area (Å²) in [5.74, 6) is -0.467. The molecule has 5 nitrogen and oxygen atoms in total. The van der Waals surface area contributed by atoms with Gasteiger partial charge in [0.05, 0.1) is 12.2 Å². The van der Waals surface area contributed by atoms with Crippen LogP contribution in [0.25, 0.3) is 0 Å². The molecule has 1 heterocycles. The molecule has 1 aromatic rings. The number of amides is 1. The molecule has 0 unspecified atom stereocenters. The zero-order valence-corrected chi connectivity index (χ0v) is 14.8. The van der Waals surface area contributed by atoms with Gasteiger partial charge in [0.2, 0.25) is 0 Å². The van der Waals surface area contributed by atoms with E-state index in [9.17, 15) is 9.59 Å². The lowest BCUT2D eigenvalue weighted by Gasteiger charge is -2.13. The van der Waals surface area contributed by atoms with Crippen molar-refractivity contribution in [3.05, 3.63) is 16.0 Å². The minimum Gasteiger partial charge on any atom is -0.462 e. The highest BCUT2D eigenvalue weighted by Crippen LogP contribution is 2.39. The third kappa shape index (κ3) is 4.41. The number of carbonyl (C=O) groups is 2. The number of esters is 1. The van der Waals surface area contributed by atoms with Crippen LogP contribution in [0.3, 0.4) is 0 Å². The van der Waals surface area contributed by atoms with E-state index >= 15 is 0 Å². The molecule has 0 saturated carbocycles. The van der Waals surface area contributed by atoms with Crippen LogP contribution in [0.5, 0.6) is 0 Å². The highest BCUT2D eigenvalue weighted by molar-refractivity contribution is 7.17. The van der Waals surface area contributed by atoms with E-state index in [0.29, 0.717) is 10.6 Å². The number of hydrogen-bond acceptors (Lipinski definition) is 5. The number of aryl methyl sites for hydroxylation is 1. The molecule has 1 N–H and O–H groups in total. The highest BCUT2D eigenvalue weighted by Gasteiger charge is 2.30. The second-order valence-corrected chi connectivity index (χ2v) is 7.88. The Hall–Kier alpha value is -0.690. The lowest BCUT2D eigenvalue weighted by Crippen LogP contribution is -2.22. The van der Waals surface area contributed by atoms with Crippen LogP contribution in [0.2, 0.25) is 0 Å². The van der Waals surface area contributed by atoms with Gasteiger partial charge in [0.25, 0.3) is 0 Å². The van der Waals surface area contributed by atoms with Crippen molar-refractivity contribution in [2.75, 3.05) is 11.9 Å². The quantitative estimate of drug-likeness (QED) is 0.605. The van der Waals surface area contributed by atoms with Gasteiger partial charge in [-0.3, -0.25) is 5.32 Å². The second-order valence-electron chi connectivity index (χ2n) is 4.60. The molecule has 0 atom stereocenters. The Bertz CT molecular complexity index is 583. The summed E-state index contributed by atoms with van der Waals surface area (Å²) >= 11 is 17.5. The van der Waals surface area contributed by atoms with Gasteiger partial charge in [-0.1, -0.05) is 0 Å². The Kier molecular flexibility index (Phi) is 5.82. The smallest absolute Gasteiger partial charge is 0.415 e. The van der Waals surface area contributed by atoms with Crippen molar-refractivity contribution in [1.29, 1.82) is 0 Å². The largest absolute Gasteiger partial charge is 0.462 e. The van der Waals surface area contributed by atoms with Crippen LogP contribution in [-0.4, -0.2) is 22.6 Å². The van der Waals surface area contributed by atoms with E-state index in [1.807, 2.05) is 0 Å². The van der Waals surface area contributed by atoms with Crippen LogP contribution in [0.1, 0.15) is 40.6 Å². The van der Waals surface area contributed by atoms with Crippen molar-refractivity contribution in [1.82, 2.24) is 0 Å². The Morgan fingerprint density at radius 1 is 1.27 bits per heavy atom. The van der Waals surface area contributed by atoms with E-state index in [-0.39, 0.29) is 6.61 Å². The SMILES string of the molecule is CCOC(=O)c1c(NC(=O)OC(Cl)(Cl)Cl)sc2c1CCCC2. The summed E-state index contributed by atoms with van der Waals surface area (Å²) in [6, 6.07) is 0. The predicted octanol–water partition coefficient (Wildman–Crippen LogP) is 4.68. The van der Waals surface area contributed by atoms with Crippen molar-refractivity contribution < 1.29 is 19.1 Å². The molecule has 0 saturated heterocycles. The number of anilines is 1. The zero-order valence-electron chi connectivity index (χ0n) is 11.7. The molecule has 1 aliphatic carbocycles. The van der Waals surface area contributed by atoms with Gasteiger partial charge in [0.1, 0.15) is 5.00 Å². The number of alkyl halides is 3. The van der Waals surface area contributed by atoms with Crippen LogP contribution >= 0.6 is 46.1 Å². The Labute approximate surface area is 146 Å². The minimum absolute atomic E-state index is 0.251. The monoisotopic (exact) mass is 385 g/mol. The van der Waals surface area contributed by atoms with E-state index < -0.39 is 16.0 Å². The number of thiophene rings is 1. The fourth-order valence-electron chi connectivity index (χ4n) is 2.30. The molecule has 122 valence electrons. The third-order valence-electron chi connectivity index (χ3n) is 3.07. The lowest BCUT2D eigenvalue weighted by molar-refractivity contribution is 0.0526. The molecule has 0 aromatic carbocycles. The zero-order chi connectivity index (χ0) is 16.3. The molecular formula is C13H14Cl3NO4S. The van der Waals surface area contributed by atoms with Crippen molar-refractivity contribution >= 4 is 63.2 Å². The van der Waals surface area contributed by atoms with Crippen LogP contribution in [-0.2, 0) is 22.3 Å². The Morgan fingerprint density at radius 3 is 2.59 bits per heavy atom. The van der Waals surface area contributed by atoms with E-state index in [4.69, 9.17) is 39.5 Å². The summed E-state index contributed by atoms with van der Waals surface area (Å²) < 4.78 is 7.48. The first kappa shape index (κ1) is 17.7. The summed E-state index contributed by atoms with van der Waals surface area (Å²) in [5, 5.41) is 2.83. The van der Waals surface area contributed by atoms with Gasteiger partial charge in [0.15, 0.2) is 0 Å². The van der Waals surface area contributed by atoms with Crippen molar-refractivity contribution in [3.63, 3.8) is 0 Å². The van der Waals surface area contributed by atoms with Gasteiger partial charge in [-0.2, -0.15) is 0 Å². The lowest BCUT2D eigenvalue weighted by atomic mass is 9.95. The number of hydrogen-bond donors (Lipinski definition) is 1. The first-order valence-corrected chi connectivity index (χ1v) is 8.65. The average Bonchev–Trinajstić information content (AvgIpc) is 2.74. The predicted molar refractivity (Wildman–Crippen MR) is 87.3 cm³/mol. The third-order valence-corrected chi connectivity index (χ3v) is 4.51. The van der Waals surface area contributed by atoms with E-state index in [2.05, 4.69) is 10.1 Å². The number of fused-ring (bicyclic) bond motifs is 1. The van der Waals surface area contributed by atoms with Crippen molar-refractivity contribution in [2.24, 2.45) is 0 Å². The molecule has 1 amide bonds. The summed E-state index contributed by atoms with van der Waals surface area (Å²) in [4.78, 5) is 25.0. The molecule has 0 spiro atoms. The van der Waals surface area contributed by atoms with E-state index in [1.165, 1.54) is 11.3 Å². The number of carbonyl (C=O) groups excluding carboxylic acids is 2. The first-order chi connectivity index (χ1) is 10.3. The van der Waals surface area contributed by atoms with E-state index in [1.54, 1.807) is 6.92 Å². The van der Waals surface area contributed by atoms with Gasteiger partial charge in [0, 0.05) is 4.88 Å². The maximum Gasteiger partial charge on any atom is 0.415 e. The molecule has 0 radical (unpaired) electrons. The fraction of sp³-hybridized carbons (Fsp3) is 0.538. The molecular weight excluding hydrogens is 373 g/mol. The number of nitrogens with one attached hydrogen (secondary N) is 1. The maximum absolute atomic E-state index is 12.2. The van der Waals surface area contributed by atoms with Gasteiger partial charge in [-0.05, 0) is 73.0 Å². The van der Waals surface area contributed by atoms with Crippen LogP contribution in [0.4, 0.5) is 9.80 Å². The topological polar surface area (TPSA) is 64.6 Å². The minimum atomic E-state index is -2.16. The van der Waals surface area contributed by atoms with Gasteiger partial charge in [-0.15, -0.1) is 11.3 Å². The van der Waals surface area contributed by atoms with Gasteiger partial charge >= 0.3 is 16.0 Å². The number of halogens is 3. The molecule has 1 aromatic heterocycles. The Morgan fingerprint density at radius 2 is 1.95 bits per heavy atom. The number of rotatable bonds is 3. The van der Waals surface area contributed by atoms with Crippen LogP contribution in [0.15, 0.2) is 0 Å². The summed E-state index contributed by atoms with van der Waals surface area (Å²) in [6.45, 7) is 1.97. The number of ether oxygens (including phenoxy) is 2. The summed E-state index contributed by atoms with van der Waals surface area (Å²) in [6.07, 6.45) is 2.75. The maximum atomic E-state index is 12.2. The molecule has 2 rings (SSSR count).